The number of carbonyl (C=O) groups excluding carboxylic acids is 3. The number of carbonyl (C=O) groups is 4. The van der Waals surface area contributed by atoms with E-state index in [1.165, 1.54) is 16.7 Å². The van der Waals surface area contributed by atoms with E-state index in [1.807, 2.05) is 6.92 Å². The first-order chi connectivity index (χ1) is 16.1. The quantitative estimate of drug-likeness (QED) is 0.331. The van der Waals surface area contributed by atoms with E-state index in [0.717, 1.165) is 0 Å². The van der Waals surface area contributed by atoms with Gasteiger partial charge in [-0.05, 0) is 26.8 Å². The molecular formula is C22H32FN5O5S. The fraction of sp³-hybridized carbons (Fsp3) is 0.727. The van der Waals surface area contributed by atoms with E-state index in [-0.39, 0.29) is 53.7 Å². The molecule has 0 radical (unpaired) electrons. The van der Waals surface area contributed by atoms with Crippen LogP contribution in [0.15, 0.2) is 10.6 Å². The van der Waals surface area contributed by atoms with Crippen molar-refractivity contribution < 1.29 is 28.7 Å². The molecule has 0 spiro atoms. The predicted molar refractivity (Wildman–Crippen MR) is 123 cm³/mol. The first-order valence-electron chi connectivity index (χ1n) is 11.7. The van der Waals surface area contributed by atoms with Crippen LogP contribution in [0.4, 0.5) is 4.39 Å². The molecule has 1 unspecified atom stereocenters. The van der Waals surface area contributed by atoms with E-state index < -0.39 is 30.1 Å². The van der Waals surface area contributed by atoms with E-state index in [0.29, 0.717) is 30.8 Å². The molecule has 4 heterocycles. The molecule has 0 aromatic carbocycles. The maximum absolute atomic E-state index is 13.5. The second-order valence-electron chi connectivity index (χ2n) is 9.52. The Kier molecular flexibility index (Phi) is 7.20. The lowest BCUT2D eigenvalue weighted by atomic mass is 9.78. The molecule has 7 atom stereocenters. The molecule has 4 N–H and O–H groups in total. The Bertz CT molecular complexity index is 916. The molecule has 12 heteroatoms. The summed E-state index contributed by atoms with van der Waals surface area (Å²) in [5.41, 5.74) is 0.00657. The van der Waals surface area contributed by atoms with E-state index >= 15 is 0 Å². The van der Waals surface area contributed by atoms with E-state index in [2.05, 4.69) is 16.0 Å². The number of likely N-dealkylation sites (N-methyl/N-ethyl adjacent to an activating group) is 1. The smallest absolute Gasteiger partial charge is 0.353 e. The summed E-state index contributed by atoms with van der Waals surface area (Å²) in [7, 11) is 1.66. The van der Waals surface area contributed by atoms with Gasteiger partial charge in [0.15, 0.2) is 0 Å². The number of hydrogen-bond acceptors (Lipinski definition) is 7. The molecule has 0 bridgehead atoms. The molecule has 188 valence electrons. The molecule has 4 aliphatic rings. The van der Waals surface area contributed by atoms with Crippen LogP contribution in [0.3, 0.4) is 0 Å². The van der Waals surface area contributed by atoms with E-state index in [1.54, 1.807) is 18.9 Å². The van der Waals surface area contributed by atoms with Crippen LogP contribution in [-0.4, -0.2) is 101 Å². The standard InChI is InChI=1S/C22H32FN5O5S/c1-10-17-16(11(2)26-15(29)8-24-3)21(31)28(17)18(22(32)33)19(10)34-13-6-14(25-7-13)20(30)27-5-4-12(23)9-27/h10-14,16-17,24-25H,4-9H2,1-3H3,(H,26,29)(H,32,33)/t10-,11-,12?,13+,14+,16-,17-/m1/s1. The number of thioether (sulfide) groups is 1. The third-order valence-electron chi connectivity index (χ3n) is 7.18. The Hall–Kier alpha value is -2.18. The number of carboxylic acid groups (broad SMARTS) is 1. The predicted octanol–water partition coefficient (Wildman–Crippen LogP) is -0.482. The molecule has 3 amide bonds. The van der Waals surface area contributed by atoms with Gasteiger partial charge in [0.25, 0.3) is 0 Å². The van der Waals surface area contributed by atoms with Crippen molar-refractivity contribution in [1.29, 1.82) is 0 Å². The summed E-state index contributed by atoms with van der Waals surface area (Å²) in [6.07, 6.45) is -0.0967. The van der Waals surface area contributed by atoms with Gasteiger partial charge >= 0.3 is 5.97 Å². The lowest BCUT2D eigenvalue weighted by Gasteiger charge is -2.47. The van der Waals surface area contributed by atoms with E-state index in [4.69, 9.17) is 0 Å². The van der Waals surface area contributed by atoms with E-state index in [9.17, 15) is 28.7 Å². The Labute approximate surface area is 202 Å². The lowest BCUT2D eigenvalue weighted by molar-refractivity contribution is -0.158. The average Bonchev–Trinajstić information content (AvgIpc) is 3.46. The first-order valence-corrected chi connectivity index (χ1v) is 12.6. The maximum atomic E-state index is 13.5. The highest BCUT2D eigenvalue weighted by Crippen LogP contribution is 2.51. The second-order valence-corrected chi connectivity index (χ2v) is 10.9. The molecule has 34 heavy (non-hydrogen) atoms. The number of amides is 3. The molecule has 3 saturated heterocycles. The topological polar surface area (TPSA) is 131 Å². The second kappa shape index (κ2) is 9.82. The molecule has 0 saturated carbocycles. The first kappa shape index (κ1) is 24.9. The van der Waals surface area contributed by atoms with Gasteiger partial charge in [-0.25, -0.2) is 9.18 Å². The monoisotopic (exact) mass is 497 g/mol. The van der Waals surface area contributed by atoms with Crippen LogP contribution in [0.2, 0.25) is 0 Å². The largest absolute Gasteiger partial charge is 0.477 e. The highest BCUT2D eigenvalue weighted by molar-refractivity contribution is 8.03. The zero-order chi connectivity index (χ0) is 24.7. The SMILES string of the molecule is CNCC(=O)N[C@H](C)[C@H]1C(=O)N2C(C(=O)O)=C(S[C@@H]3CN[C@H](C(=O)N4CCC(F)C4)C3)[C@H](C)[C@H]12. The van der Waals surface area contributed by atoms with Gasteiger partial charge in [0.2, 0.25) is 17.7 Å². The molecule has 0 aliphatic carbocycles. The van der Waals surface area contributed by atoms with Gasteiger partial charge in [-0.2, -0.15) is 0 Å². The summed E-state index contributed by atoms with van der Waals surface area (Å²) in [4.78, 5) is 53.3. The van der Waals surface area contributed by atoms with Crippen molar-refractivity contribution >= 4 is 35.5 Å². The zero-order valence-electron chi connectivity index (χ0n) is 19.5. The number of likely N-dealkylation sites (tertiary alicyclic amines) is 1. The molecule has 0 aromatic heterocycles. The number of aliphatic carboxylic acids is 1. The number of nitrogens with zero attached hydrogens (tertiary/aromatic N) is 2. The molecule has 4 rings (SSSR count). The van der Waals surface area contributed by atoms with Gasteiger partial charge in [-0.3, -0.25) is 14.4 Å². The summed E-state index contributed by atoms with van der Waals surface area (Å²) in [6, 6.07) is -1.17. The molecular weight excluding hydrogens is 465 g/mol. The summed E-state index contributed by atoms with van der Waals surface area (Å²) < 4.78 is 13.5. The van der Waals surface area contributed by atoms with Gasteiger partial charge < -0.3 is 30.9 Å². The fourth-order valence-corrected chi connectivity index (χ4v) is 7.03. The lowest BCUT2D eigenvalue weighted by Crippen LogP contribution is -2.66. The third-order valence-corrected chi connectivity index (χ3v) is 8.69. The minimum atomic E-state index is -1.15. The summed E-state index contributed by atoms with van der Waals surface area (Å²) >= 11 is 1.41. The van der Waals surface area contributed by atoms with Crippen molar-refractivity contribution in [3.8, 4) is 0 Å². The summed E-state index contributed by atoms with van der Waals surface area (Å²) in [6.45, 7) is 4.88. The third kappa shape index (κ3) is 4.42. The van der Waals surface area contributed by atoms with Gasteiger partial charge in [0, 0.05) is 35.2 Å². The van der Waals surface area contributed by atoms with Crippen molar-refractivity contribution in [2.75, 3.05) is 33.2 Å². The molecule has 4 aliphatic heterocycles. The summed E-state index contributed by atoms with van der Waals surface area (Å²) in [5, 5.41) is 18.7. The molecule has 10 nitrogen and oxygen atoms in total. The van der Waals surface area contributed by atoms with Crippen LogP contribution in [0.25, 0.3) is 0 Å². The van der Waals surface area contributed by atoms with Gasteiger partial charge in [-0.15, -0.1) is 11.8 Å². The van der Waals surface area contributed by atoms with Crippen molar-refractivity contribution in [1.82, 2.24) is 25.8 Å². The number of halogens is 1. The van der Waals surface area contributed by atoms with Crippen molar-refractivity contribution in [3.63, 3.8) is 0 Å². The summed E-state index contributed by atoms with van der Waals surface area (Å²) in [5.74, 6) is -2.49. The number of rotatable bonds is 8. The Morgan fingerprint density at radius 2 is 2.09 bits per heavy atom. The Morgan fingerprint density at radius 1 is 1.35 bits per heavy atom. The number of nitrogens with one attached hydrogen (secondary N) is 3. The van der Waals surface area contributed by atoms with Crippen LogP contribution in [0.1, 0.15) is 26.7 Å². The highest BCUT2D eigenvalue weighted by atomic mass is 32.2. The maximum Gasteiger partial charge on any atom is 0.353 e. The van der Waals surface area contributed by atoms with Crippen molar-refractivity contribution in [2.45, 2.75) is 56.2 Å². The highest BCUT2D eigenvalue weighted by Gasteiger charge is 2.60. The minimum absolute atomic E-state index is 0.00657. The van der Waals surface area contributed by atoms with Gasteiger partial charge in [-0.1, -0.05) is 6.92 Å². The molecule has 0 aromatic rings. The van der Waals surface area contributed by atoms with Crippen LogP contribution < -0.4 is 16.0 Å². The Balaban J connectivity index is 1.43. The number of β-lactam (4-membered cyclic amide) rings is 1. The zero-order valence-corrected chi connectivity index (χ0v) is 20.4. The fourth-order valence-electron chi connectivity index (χ4n) is 5.55. The Morgan fingerprint density at radius 3 is 2.71 bits per heavy atom. The minimum Gasteiger partial charge on any atom is -0.477 e. The van der Waals surface area contributed by atoms with Crippen molar-refractivity contribution in [2.24, 2.45) is 11.8 Å². The van der Waals surface area contributed by atoms with Crippen LogP contribution in [-0.2, 0) is 19.2 Å². The number of carboxylic acids is 1. The average molecular weight is 498 g/mol. The van der Waals surface area contributed by atoms with Crippen LogP contribution in [0.5, 0.6) is 0 Å². The number of hydrogen-bond donors (Lipinski definition) is 4. The normalized spacial score (nSPS) is 33.7. The van der Waals surface area contributed by atoms with Crippen molar-refractivity contribution in [3.05, 3.63) is 10.6 Å². The number of alkyl halides is 1. The van der Waals surface area contributed by atoms with Gasteiger partial charge in [0.1, 0.15) is 11.9 Å². The van der Waals surface area contributed by atoms with Gasteiger partial charge in [0.05, 0.1) is 31.1 Å². The van der Waals surface area contributed by atoms with Crippen LogP contribution in [0, 0.1) is 11.8 Å². The van der Waals surface area contributed by atoms with Crippen LogP contribution >= 0.6 is 11.8 Å². The molecule has 3 fully saturated rings. The number of fused-ring (bicyclic) bond motifs is 1.